The van der Waals surface area contributed by atoms with Gasteiger partial charge in [-0.3, -0.25) is 9.59 Å². The van der Waals surface area contributed by atoms with Crippen LogP contribution >= 0.6 is 0 Å². The molecule has 2 N–H and O–H groups in total. The zero-order valence-corrected chi connectivity index (χ0v) is 14.5. The van der Waals surface area contributed by atoms with Gasteiger partial charge in [-0.25, -0.2) is 0 Å². The van der Waals surface area contributed by atoms with Gasteiger partial charge in [0, 0.05) is 40.4 Å². The molecule has 0 radical (unpaired) electrons. The summed E-state index contributed by atoms with van der Waals surface area (Å²) in [7, 11) is 0. The minimum Gasteiger partial charge on any atom is -0.398 e. The number of hydrogen-bond donors (Lipinski definition) is 1. The Labute approximate surface area is 154 Å². The van der Waals surface area contributed by atoms with E-state index in [1.165, 1.54) is 0 Å². The van der Waals surface area contributed by atoms with Crippen molar-refractivity contribution in [1.82, 2.24) is 0 Å². The molecular weight excluding hydrogens is 334 g/mol. The first-order valence-electron chi connectivity index (χ1n) is 9.13. The average Bonchev–Trinajstić information content (AvgIpc) is 2.80. The van der Waals surface area contributed by atoms with Gasteiger partial charge in [-0.05, 0) is 44.5 Å². The third kappa shape index (κ3) is 1.71. The normalized spacial score (nSPS) is 14.7. The highest BCUT2D eigenvalue weighted by Gasteiger charge is 2.28. The molecule has 3 nitrogen and oxygen atoms in total. The van der Waals surface area contributed by atoms with Gasteiger partial charge in [0.05, 0.1) is 0 Å². The van der Waals surface area contributed by atoms with Crippen molar-refractivity contribution in [3.63, 3.8) is 0 Å². The van der Waals surface area contributed by atoms with E-state index in [0.717, 1.165) is 43.1 Å². The largest absolute Gasteiger partial charge is 0.398 e. The number of carbonyl (C=O) groups excluding carboxylic acids is 2. The Hall–Kier alpha value is -3.46. The monoisotopic (exact) mass is 349 g/mol. The molecule has 0 unspecified atom stereocenters. The molecule has 0 heterocycles. The van der Waals surface area contributed by atoms with Crippen molar-refractivity contribution in [3.05, 3.63) is 65.7 Å². The number of fused-ring (bicyclic) bond motifs is 3. The number of anilines is 1. The summed E-state index contributed by atoms with van der Waals surface area (Å²) in [5.74, 6) is 0.0340. The van der Waals surface area contributed by atoms with E-state index in [1.54, 1.807) is 0 Å². The summed E-state index contributed by atoms with van der Waals surface area (Å²) in [6.45, 7) is 0. The molecule has 0 saturated carbocycles. The van der Waals surface area contributed by atoms with Gasteiger partial charge < -0.3 is 5.73 Å². The van der Waals surface area contributed by atoms with Gasteiger partial charge in [-0.1, -0.05) is 42.5 Å². The first-order chi connectivity index (χ1) is 13.1. The number of ketones is 2. The lowest BCUT2D eigenvalue weighted by Gasteiger charge is -2.18. The van der Waals surface area contributed by atoms with E-state index in [0.29, 0.717) is 16.8 Å². The van der Waals surface area contributed by atoms with Gasteiger partial charge in [0.25, 0.3) is 0 Å². The molecule has 3 heteroatoms. The summed E-state index contributed by atoms with van der Waals surface area (Å²) < 4.78 is 0. The van der Waals surface area contributed by atoms with E-state index in [-0.39, 0.29) is 24.4 Å². The molecule has 5 aromatic rings. The minimum atomic E-state index is 0.00272. The topological polar surface area (TPSA) is 60.2 Å². The number of benzene rings is 5. The molecule has 0 saturated heterocycles. The summed E-state index contributed by atoms with van der Waals surface area (Å²) in [6, 6.07) is 18.1. The first kappa shape index (κ1) is 14.7. The van der Waals surface area contributed by atoms with Crippen molar-refractivity contribution in [2.45, 2.75) is 12.8 Å². The van der Waals surface area contributed by atoms with Gasteiger partial charge in [-0.2, -0.15) is 0 Å². The highest BCUT2D eigenvalue weighted by Crippen LogP contribution is 2.45. The van der Waals surface area contributed by atoms with E-state index in [9.17, 15) is 9.59 Å². The highest BCUT2D eigenvalue weighted by atomic mass is 16.1. The molecule has 0 bridgehead atoms. The van der Waals surface area contributed by atoms with Gasteiger partial charge in [0.1, 0.15) is 0 Å². The number of rotatable bonds is 0. The van der Waals surface area contributed by atoms with Gasteiger partial charge >= 0.3 is 0 Å². The minimum absolute atomic E-state index is 0.00272. The molecule has 0 fully saturated rings. The molecule has 0 amide bonds. The fourth-order valence-electron chi connectivity index (χ4n) is 4.82. The first-order valence-corrected chi connectivity index (χ1v) is 9.13. The molecule has 6 rings (SSSR count). The molecule has 27 heavy (non-hydrogen) atoms. The molecule has 1 aliphatic carbocycles. The van der Waals surface area contributed by atoms with E-state index in [4.69, 9.17) is 5.73 Å². The lowest BCUT2D eigenvalue weighted by molar-refractivity contribution is 0.0925. The summed E-state index contributed by atoms with van der Waals surface area (Å²) in [6.07, 6.45) is 0.470. The number of nitrogen functional groups attached to an aromatic ring is 1. The van der Waals surface area contributed by atoms with Crippen molar-refractivity contribution >= 4 is 60.3 Å². The molecule has 0 spiro atoms. The van der Waals surface area contributed by atoms with Crippen molar-refractivity contribution in [1.29, 1.82) is 0 Å². The van der Waals surface area contributed by atoms with Crippen LogP contribution in [0.5, 0.6) is 0 Å². The molecule has 5 aromatic carbocycles. The Morgan fingerprint density at radius 1 is 0.667 bits per heavy atom. The Morgan fingerprint density at radius 2 is 1.41 bits per heavy atom. The van der Waals surface area contributed by atoms with Gasteiger partial charge in [0.2, 0.25) is 0 Å². The SMILES string of the molecule is Nc1cccc2c1c1c3c(cc4cccc5ccc2c3c54)C(=O)CCC1=O. The van der Waals surface area contributed by atoms with Crippen LogP contribution in [-0.4, -0.2) is 11.6 Å². The van der Waals surface area contributed by atoms with E-state index in [1.807, 2.05) is 36.4 Å². The van der Waals surface area contributed by atoms with Crippen LogP contribution in [0.1, 0.15) is 33.6 Å². The maximum absolute atomic E-state index is 13.1. The van der Waals surface area contributed by atoms with Crippen molar-refractivity contribution in [2.75, 3.05) is 5.73 Å². The Morgan fingerprint density at radius 3 is 2.30 bits per heavy atom. The van der Waals surface area contributed by atoms with Crippen LogP contribution in [0, 0.1) is 0 Å². The van der Waals surface area contributed by atoms with Crippen LogP contribution in [-0.2, 0) is 0 Å². The highest BCUT2D eigenvalue weighted by molar-refractivity contribution is 6.39. The average molecular weight is 349 g/mol. The second kappa shape index (κ2) is 4.83. The molecular formula is C24H15NO2. The maximum atomic E-state index is 13.1. The smallest absolute Gasteiger partial charge is 0.164 e. The van der Waals surface area contributed by atoms with Crippen LogP contribution in [0.3, 0.4) is 0 Å². The quantitative estimate of drug-likeness (QED) is 0.229. The van der Waals surface area contributed by atoms with E-state index < -0.39 is 0 Å². The number of Topliss-reactive ketones (excluding diaryl/α,β-unsaturated/α-hetero) is 2. The van der Waals surface area contributed by atoms with E-state index >= 15 is 0 Å². The predicted octanol–water partition coefficient (Wildman–Crippen LogP) is 5.48. The number of nitrogens with two attached hydrogens (primary N) is 1. The van der Waals surface area contributed by atoms with Crippen LogP contribution < -0.4 is 5.73 Å². The van der Waals surface area contributed by atoms with Crippen LogP contribution in [0.2, 0.25) is 0 Å². The van der Waals surface area contributed by atoms with Crippen LogP contribution in [0.4, 0.5) is 5.69 Å². The lowest BCUT2D eigenvalue weighted by Crippen LogP contribution is -2.03. The fourth-order valence-corrected chi connectivity index (χ4v) is 4.82. The summed E-state index contributed by atoms with van der Waals surface area (Å²) in [5.41, 5.74) is 8.19. The number of carbonyl (C=O) groups is 2. The third-order valence-corrected chi connectivity index (χ3v) is 5.94. The Balaban J connectivity index is 2.09. The Kier molecular flexibility index (Phi) is 2.63. The molecule has 0 aromatic heterocycles. The van der Waals surface area contributed by atoms with Crippen LogP contribution in [0.25, 0.3) is 43.1 Å². The maximum Gasteiger partial charge on any atom is 0.164 e. The van der Waals surface area contributed by atoms with Crippen molar-refractivity contribution in [2.24, 2.45) is 0 Å². The fraction of sp³-hybridized carbons (Fsp3) is 0.0833. The lowest BCUT2D eigenvalue weighted by atomic mass is 9.84. The standard InChI is InChI=1S/C24H15NO2/c25-17-6-2-5-14-15-8-7-12-3-1-4-13-11-16-18(26)9-10-19(27)24(21(14)17)23(16)22(15)20(12)13/h1-8,11H,9-10,25H2. The summed E-state index contributed by atoms with van der Waals surface area (Å²) in [4.78, 5) is 26.0. The molecule has 1 aliphatic rings. The number of hydrogen-bond acceptors (Lipinski definition) is 3. The van der Waals surface area contributed by atoms with Crippen molar-refractivity contribution < 1.29 is 9.59 Å². The molecule has 128 valence electrons. The summed E-state index contributed by atoms with van der Waals surface area (Å²) in [5, 5.41) is 7.87. The van der Waals surface area contributed by atoms with Gasteiger partial charge in [-0.15, -0.1) is 0 Å². The van der Waals surface area contributed by atoms with Crippen molar-refractivity contribution in [3.8, 4) is 0 Å². The second-order valence-corrected chi connectivity index (χ2v) is 7.36. The molecule has 0 atom stereocenters. The summed E-state index contributed by atoms with van der Waals surface area (Å²) >= 11 is 0. The second-order valence-electron chi connectivity index (χ2n) is 7.36. The zero-order chi connectivity index (χ0) is 18.3. The Bertz CT molecular complexity index is 1460. The van der Waals surface area contributed by atoms with E-state index in [2.05, 4.69) is 18.2 Å². The van der Waals surface area contributed by atoms with Crippen LogP contribution in [0.15, 0.2) is 54.6 Å². The molecule has 0 aliphatic heterocycles. The van der Waals surface area contributed by atoms with Gasteiger partial charge in [0.15, 0.2) is 11.6 Å². The zero-order valence-electron chi connectivity index (χ0n) is 14.5. The third-order valence-electron chi connectivity index (χ3n) is 5.94. The predicted molar refractivity (Wildman–Crippen MR) is 110 cm³/mol.